The topological polar surface area (TPSA) is 44.8 Å². The van der Waals surface area contributed by atoms with Crippen molar-refractivity contribution in [1.29, 1.82) is 0 Å². The number of benzene rings is 1. The van der Waals surface area contributed by atoms with Crippen LogP contribution < -0.4 is 4.52 Å². The predicted molar refractivity (Wildman–Crippen MR) is 96.4 cm³/mol. The molecule has 1 aromatic carbocycles. The second-order valence-corrected chi connectivity index (χ2v) is 8.28. The van der Waals surface area contributed by atoms with E-state index in [1.54, 1.807) is 12.1 Å². The molecular weight excluding hydrogens is 435 g/mol. The van der Waals surface area contributed by atoms with Crippen molar-refractivity contribution in [2.45, 2.75) is 58.3 Å². The van der Waals surface area contributed by atoms with Gasteiger partial charge in [0, 0.05) is 0 Å². The zero-order chi connectivity index (χ0) is 16.3. The highest BCUT2D eigenvalue weighted by atomic mass is 79.9. The van der Waals surface area contributed by atoms with Gasteiger partial charge in [0.05, 0.1) is 0 Å². The summed E-state index contributed by atoms with van der Waals surface area (Å²) < 4.78 is 26.0. The molecule has 0 atom stereocenters. The molecule has 0 radical (unpaired) electrons. The molecule has 0 aliphatic heterocycles. The Kier molecular flexibility index (Phi) is 10.7. The van der Waals surface area contributed by atoms with Crippen molar-refractivity contribution in [2.24, 2.45) is 0 Å². The van der Waals surface area contributed by atoms with Crippen LogP contribution in [0, 0.1) is 0 Å². The number of halogens is 2. The molecule has 0 unspecified atom stereocenters. The molecule has 0 saturated heterocycles. The van der Waals surface area contributed by atoms with Crippen molar-refractivity contribution in [3.8, 4) is 5.75 Å². The fraction of sp³-hybridized carbons (Fsp3) is 0.600. The standard InChI is InChI=1S/C15H23Br2O4P/c1-2-3-4-5-6-7-8-9-14-10-12-15(13-11-14)19-22(18,20-16)21-17/h10-13H,2-9H2,1H3. The highest BCUT2D eigenvalue weighted by molar-refractivity contribution is 9.07. The first-order chi connectivity index (χ1) is 10.6. The minimum atomic E-state index is -3.62. The molecule has 1 rings (SSSR count). The fourth-order valence-corrected chi connectivity index (χ4v) is 3.81. The minimum absolute atomic E-state index is 0.436. The van der Waals surface area contributed by atoms with Crippen LogP contribution >= 0.6 is 40.3 Å². The third kappa shape index (κ3) is 8.11. The predicted octanol–water partition coefficient (Wildman–Crippen LogP) is 7.12. The third-order valence-electron chi connectivity index (χ3n) is 3.38. The first-order valence-electron chi connectivity index (χ1n) is 7.63. The maximum atomic E-state index is 11.8. The van der Waals surface area contributed by atoms with Crippen molar-refractivity contribution in [2.75, 3.05) is 0 Å². The van der Waals surface area contributed by atoms with E-state index in [9.17, 15) is 4.57 Å². The summed E-state index contributed by atoms with van der Waals surface area (Å²) in [6, 6.07) is 7.47. The van der Waals surface area contributed by atoms with Gasteiger partial charge in [0.25, 0.3) is 0 Å². The maximum absolute atomic E-state index is 11.8. The Morgan fingerprint density at radius 1 is 0.909 bits per heavy atom. The van der Waals surface area contributed by atoms with Gasteiger partial charge in [-0.25, -0.2) is 4.57 Å². The van der Waals surface area contributed by atoms with E-state index in [-0.39, 0.29) is 0 Å². The summed E-state index contributed by atoms with van der Waals surface area (Å²) in [4.78, 5) is 0. The Labute approximate surface area is 150 Å². The monoisotopic (exact) mass is 456 g/mol. The van der Waals surface area contributed by atoms with Gasteiger partial charge in [-0.1, -0.05) is 57.6 Å². The summed E-state index contributed by atoms with van der Waals surface area (Å²) in [5.41, 5.74) is 1.25. The second kappa shape index (κ2) is 11.6. The highest BCUT2D eigenvalue weighted by Gasteiger charge is 2.27. The van der Waals surface area contributed by atoms with Crippen LogP contribution in [0.25, 0.3) is 0 Å². The van der Waals surface area contributed by atoms with Gasteiger partial charge in [-0.2, -0.15) is 7.23 Å². The van der Waals surface area contributed by atoms with Gasteiger partial charge in [-0.15, -0.1) is 0 Å². The molecular formula is C15H23Br2O4P. The molecule has 0 amide bonds. The van der Waals surface area contributed by atoms with Crippen LogP contribution in [0.4, 0.5) is 0 Å². The number of phosphoric acid groups is 1. The first-order valence-corrected chi connectivity index (χ1v) is 10.4. The van der Waals surface area contributed by atoms with E-state index in [0.29, 0.717) is 5.75 Å². The maximum Gasteiger partial charge on any atom is 0.552 e. The van der Waals surface area contributed by atoms with Gasteiger partial charge >= 0.3 is 7.82 Å². The van der Waals surface area contributed by atoms with Crippen LogP contribution in [-0.2, 0) is 18.2 Å². The molecule has 7 heteroatoms. The summed E-state index contributed by atoms with van der Waals surface area (Å²) in [6.07, 6.45) is 10.2. The zero-order valence-corrected chi connectivity index (χ0v) is 16.9. The van der Waals surface area contributed by atoms with Gasteiger partial charge in [0.1, 0.15) is 38.3 Å². The smallest absolute Gasteiger partial charge is 0.403 e. The van der Waals surface area contributed by atoms with Gasteiger partial charge in [-0.3, -0.25) is 0 Å². The summed E-state index contributed by atoms with van der Waals surface area (Å²) >= 11 is 5.25. The van der Waals surface area contributed by atoms with E-state index < -0.39 is 7.82 Å². The van der Waals surface area contributed by atoms with Crippen molar-refractivity contribution < 1.29 is 16.3 Å². The summed E-state index contributed by atoms with van der Waals surface area (Å²) in [5, 5.41) is 0. The molecule has 0 aliphatic rings. The molecule has 0 spiro atoms. The lowest BCUT2D eigenvalue weighted by atomic mass is 10.0. The molecule has 4 nitrogen and oxygen atoms in total. The van der Waals surface area contributed by atoms with Gasteiger partial charge in [0.15, 0.2) is 0 Å². The van der Waals surface area contributed by atoms with Crippen LogP contribution in [-0.4, -0.2) is 0 Å². The average Bonchev–Trinajstić information content (AvgIpc) is 2.55. The molecule has 0 aromatic heterocycles. The molecule has 1 aromatic rings. The Morgan fingerprint density at radius 2 is 1.45 bits per heavy atom. The van der Waals surface area contributed by atoms with Crippen molar-refractivity contribution >= 4 is 40.3 Å². The molecule has 0 heterocycles. The third-order valence-corrected chi connectivity index (χ3v) is 6.28. The lowest BCUT2D eigenvalue weighted by Gasteiger charge is -2.11. The summed E-state index contributed by atoms with van der Waals surface area (Å²) in [5.74, 6) is 0.436. The summed E-state index contributed by atoms with van der Waals surface area (Å²) in [7, 11) is -3.62. The molecule has 0 aliphatic carbocycles. The quantitative estimate of drug-likeness (QED) is 0.247. The zero-order valence-electron chi connectivity index (χ0n) is 12.8. The van der Waals surface area contributed by atoms with Crippen molar-refractivity contribution in [1.82, 2.24) is 0 Å². The first kappa shape index (κ1) is 20.2. The molecule has 0 saturated carbocycles. The molecule has 22 heavy (non-hydrogen) atoms. The number of aryl methyl sites for hydroxylation is 1. The van der Waals surface area contributed by atoms with Crippen LogP contribution in [0.5, 0.6) is 5.75 Å². The lowest BCUT2D eigenvalue weighted by molar-refractivity contribution is 0.342. The minimum Gasteiger partial charge on any atom is -0.403 e. The van der Waals surface area contributed by atoms with Crippen molar-refractivity contribution in [3.05, 3.63) is 29.8 Å². The second-order valence-electron chi connectivity index (χ2n) is 5.19. The number of hydrogen-bond donors (Lipinski definition) is 0. The largest absolute Gasteiger partial charge is 0.552 e. The van der Waals surface area contributed by atoms with E-state index >= 15 is 0 Å². The van der Waals surface area contributed by atoms with E-state index in [1.807, 2.05) is 12.1 Å². The van der Waals surface area contributed by atoms with Crippen LogP contribution in [0.1, 0.15) is 57.4 Å². The van der Waals surface area contributed by atoms with Crippen LogP contribution in [0.15, 0.2) is 24.3 Å². The van der Waals surface area contributed by atoms with E-state index in [4.69, 9.17) is 4.52 Å². The van der Waals surface area contributed by atoms with E-state index in [0.717, 1.165) is 6.42 Å². The Hall–Kier alpha value is 0.130. The number of hydrogen-bond acceptors (Lipinski definition) is 4. The van der Waals surface area contributed by atoms with Crippen LogP contribution in [0.2, 0.25) is 0 Å². The molecule has 126 valence electrons. The van der Waals surface area contributed by atoms with Gasteiger partial charge in [-0.05, 0) is 30.5 Å². The Bertz CT molecular complexity index is 445. The van der Waals surface area contributed by atoms with Gasteiger partial charge in [0.2, 0.25) is 0 Å². The van der Waals surface area contributed by atoms with Gasteiger partial charge < -0.3 is 4.52 Å². The van der Waals surface area contributed by atoms with Crippen molar-refractivity contribution in [3.63, 3.8) is 0 Å². The number of unbranched alkanes of at least 4 members (excludes halogenated alkanes) is 6. The summed E-state index contributed by atoms with van der Waals surface area (Å²) in [6.45, 7) is 2.24. The lowest BCUT2D eigenvalue weighted by Crippen LogP contribution is -1.93. The SMILES string of the molecule is CCCCCCCCCc1ccc(OP(=O)(OBr)OBr)cc1. The molecule has 0 N–H and O–H groups in total. The number of rotatable bonds is 12. The molecule has 0 bridgehead atoms. The average molecular weight is 458 g/mol. The molecule has 0 fully saturated rings. The normalized spacial score (nSPS) is 11.6. The Balaban J connectivity index is 2.29. The van der Waals surface area contributed by atoms with Crippen LogP contribution in [0.3, 0.4) is 0 Å². The van der Waals surface area contributed by atoms with E-state index in [2.05, 4.69) is 46.7 Å². The Morgan fingerprint density at radius 3 is 2.00 bits per heavy atom. The van der Waals surface area contributed by atoms with E-state index in [1.165, 1.54) is 50.5 Å². The highest BCUT2D eigenvalue weighted by Crippen LogP contribution is 2.52. The fourth-order valence-electron chi connectivity index (χ4n) is 2.17.